The average Bonchev–Trinajstić information content (AvgIpc) is 0. The molecule has 0 unspecified atom stereocenters. The van der Waals surface area contributed by atoms with Crippen LogP contribution in [0.15, 0.2) is 0 Å². The van der Waals surface area contributed by atoms with Gasteiger partial charge in [0.2, 0.25) is 0 Å². The first kappa shape index (κ1) is 33.6. The normalized spacial score (nSPS) is 0. The zero-order valence-electron chi connectivity index (χ0n) is 5.29. The van der Waals surface area contributed by atoms with Crippen molar-refractivity contribution in [3.63, 3.8) is 0 Å². The third kappa shape index (κ3) is 17.7. The molecule has 0 N–H and O–H groups in total. The second-order valence-electron chi connectivity index (χ2n) is 0. The average molecular weight is 358 g/mol. The van der Waals surface area contributed by atoms with Gasteiger partial charge in [-0.25, -0.2) is 0 Å². The first-order valence-electron chi connectivity index (χ1n) is 0. The molecule has 0 aromatic heterocycles. The Kier molecular flexibility index (Phi) is 158. The van der Waals surface area contributed by atoms with Gasteiger partial charge in [0.25, 0.3) is 0 Å². The molecule has 0 amide bonds. The molecule has 5 heavy (non-hydrogen) atoms. The summed E-state index contributed by atoms with van der Waals surface area (Å²) in [6, 6.07) is 0. The van der Waals surface area contributed by atoms with Gasteiger partial charge in [-0.3, -0.25) is 0 Å². The molecule has 0 saturated carbocycles. The Balaban J connectivity index is 0. The fourth-order valence-electron chi connectivity index (χ4n) is 0. The van der Waals surface area contributed by atoms with Gasteiger partial charge < -0.3 is 1.43 Å². The molecule has 0 fully saturated rings. The zero-order chi connectivity index (χ0) is 0. The molecule has 0 rings (SSSR count). The molecule has 5 heteroatoms. The first-order chi connectivity index (χ1) is 0. The second-order valence-corrected chi connectivity index (χ2v) is 0. The van der Waals surface area contributed by atoms with Crippen molar-refractivity contribution in [3.8, 4) is 0 Å². The van der Waals surface area contributed by atoms with Crippen LogP contribution in [0.25, 0.3) is 0 Å². The maximum Gasteiger partial charge on any atom is 3.00 e. The fraction of sp³-hybridized carbons (Fsp3) is 0. The maximum atomic E-state index is 0. The van der Waals surface area contributed by atoms with E-state index in [2.05, 4.69) is 0 Å². The molecule has 0 atom stereocenters. The van der Waals surface area contributed by atoms with Crippen molar-refractivity contribution >= 4 is 42.8 Å². The van der Waals surface area contributed by atoms with Gasteiger partial charge in [-0.1, -0.05) is 0 Å². The molecule has 0 aliphatic heterocycles. The van der Waals surface area contributed by atoms with Gasteiger partial charge in [0, 0.05) is 19.5 Å². The quantitative estimate of drug-likeness (QED) is 0.394. The largest absolute Gasteiger partial charge is 3.00 e. The van der Waals surface area contributed by atoms with Crippen molar-refractivity contribution in [2.75, 3.05) is 0 Å². The van der Waals surface area contributed by atoms with Gasteiger partial charge in [0.1, 0.15) is 0 Å². The smallest absolute Gasteiger partial charge is 1.00 e. The van der Waals surface area contributed by atoms with Crippen molar-refractivity contribution in [1.82, 2.24) is 0 Å². The molecule has 0 nitrogen and oxygen atoms in total. The van der Waals surface area contributed by atoms with Crippen LogP contribution in [0.5, 0.6) is 0 Å². The minimum atomic E-state index is 0. The van der Waals surface area contributed by atoms with Crippen molar-refractivity contribution in [2.24, 2.45) is 0 Å². The van der Waals surface area contributed by atoms with Crippen molar-refractivity contribution in [1.29, 1.82) is 0 Å². The molecular weight excluding hydrogens is 356 g/mol. The second kappa shape index (κ2) is 23.5. The van der Waals surface area contributed by atoms with E-state index in [0.717, 1.165) is 0 Å². The van der Waals surface area contributed by atoms with E-state index in [9.17, 15) is 0 Å². The maximum absolute atomic E-state index is 0. The molecule has 0 spiro atoms. The van der Waals surface area contributed by atoms with Gasteiger partial charge in [-0.2, -0.15) is 0 Å². The third-order valence-electron chi connectivity index (χ3n) is 0. The van der Waals surface area contributed by atoms with Crippen molar-refractivity contribution < 1.29 is 108 Å². The van der Waals surface area contributed by atoms with Gasteiger partial charge >= 0.3 is 130 Å². The number of hydrogen-bond acceptors (Lipinski definition) is 0. The van der Waals surface area contributed by atoms with E-state index in [1.54, 1.807) is 0 Å². The van der Waals surface area contributed by atoms with E-state index in [-0.39, 0.29) is 151 Å². The molecule has 0 aliphatic carbocycles. The molecular formula is H2CsCuGaMgZn+8. The van der Waals surface area contributed by atoms with Crippen molar-refractivity contribution in [3.05, 3.63) is 0 Å². The van der Waals surface area contributed by atoms with E-state index in [0.29, 0.717) is 0 Å². The predicted octanol–water partition coefficient (Wildman–Crippen LogP) is -3.54. The van der Waals surface area contributed by atoms with E-state index >= 15 is 0 Å². The van der Waals surface area contributed by atoms with Crippen LogP contribution in [0.4, 0.5) is 0 Å². The Labute approximate surface area is 147 Å². The molecule has 0 heterocycles. The van der Waals surface area contributed by atoms with Crippen LogP contribution in [0.2, 0.25) is 0 Å². The summed E-state index contributed by atoms with van der Waals surface area (Å²) >= 11 is 0. The van der Waals surface area contributed by atoms with Gasteiger partial charge in [0.05, 0.1) is 0 Å². The summed E-state index contributed by atoms with van der Waals surface area (Å²) in [4.78, 5) is 0. The van der Waals surface area contributed by atoms with Crippen LogP contribution in [0.3, 0.4) is 0 Å². The molecule has 0 aromatic rings. The summed E-state index contributed by atoms with van der Waals surface area (Å²) in [5.74, 6) is 0. The minimum absolute atomic E-state index is 0. The molecule has 0 bridgehead atoms. The summed E-state index contributed by atoms with van der Waals surface area (Å²) in [6.45, 7) is 0. The predicted molar refractivity (Wildman–Crippen MR) is 13.7 cm³/mol. The molecule has 0 aliphatic rings. The van der Waals surface area contributed by atoms with Crippen LogP contribution in [0.1, 0.15) is 2.85 Å². The monoisotopic (exact) mass is 355 g/mol. The topological polar surface area (TPSA) is 0 Å². The summed E-state index contributed by atoms with van der Waals surface area (Å²) < 4.78 is 0. The fourth-order valence-corrected chi connectivity index (χ4v) is 0. The number of hydrogen-bond donors (Lipinski definition) is 0. The summed E-state index contributed by atoms with van der Waals surface area (Å²) in [5, 5.41) is 0. The Bertz CT molecular complexity index is 17.7. The van der Waals surface area contributed by atoms with Gasteiger partial charge in [-0.05, 0) is 0 Å². The zero-order valence-corrected chi connectivity index (χ0v) is 17.3. The Morgan fingerprint density at radius 3 is 1.40 bits per heavy atom. The van der Waals surface area contributed by atoms with Crippen LogP contribution < -0.4 is 68.9 Å². The summed E-state index contributed by atoms with van der Waals surface area (Å²) in [6.07, 6.45) is 0. The Hall–Kier alpha value is 4.60. The Morgan fingerprint density at radius 2 is 1.40 bits per heavy atom. The van der Waals surface area contributed by atoms with Crippen LogP contribution in [-0.4, -0.2) is 42.8 Å². The molecule has 1 radical (unpaired) electrons. The van der Waals surface area contributed by atoms with E-state index in [1.807, 2.05) is 0 Å². The molecule has 0 aromatic carbocycles. The van der Waals surface area contributed by atoms with Gasteiger partial charge in [0.15, 0.2) is 0 Å². The minimum Gasteiger partial charge on any atom is -1.00 e. The first-order valence-corrected chi connectivity index (χ1v) is 0. The van der Waals surface area contributed by atoms with E-state index in [4.69, 9.17) is 0 Å². The van der Waals surface area contributed by atoms with Crippen LogP contribution in [0, 0.1) is 0 Å². The van der Waals surface area contributed by atoms with Gasteiger partial charge in [-0.15, -0.1) is 0 Å². The van der Waals surface area contributed by atoms with E-state index in [1.165, 1.54) is 0 Å². The summed E-state index contributed by atoms with van der Waals surface area (Å²) in [7, 11) is 0. The SMILES string of the molecule is [Cs+].[Cu+2].[Ga+3].[H+].[H-].[Mg+2].[Zn]. The summed E-state index contributed by atoms with van der Waals surface area (Å²) in [5.41, 5.74) is 0. The van der Waals surface area contributed by atoms with Crippen LogP contribution in [-0.2, 0) is 36.5 Å². The molecule has 0 saturated heterocycles. The van der Waals surface area contributed by atoms with Crippen LogP contribution >= 0.6 is 0 Å². The van der Waals surface area contributed by atoms with Crippen molar-refractivity contribution in [2.45, 2.75) is 0 Å². The Morgan fingerprint density at radius 1 is 1.40 bits per heavy atom. The van der Waals surface area contributed by atoms with E-state index < -0.39 is 0 Å². The number of rotatable bonds is 0. The third-order valence-corrected chi connectivity index (χ3v) is 0. The molecule has 13 valence electrons. The standard InChI is InChI=1S/Cs.Cu.Ga.Mg.Zn.H/q+1;+2;+3;+2;;-1/p+1.